The number of rotatable bonds is 6. The minimum atomic E-state index is -0.189. The van der Waals surface area contributed by atoms with Gasteiger partial charge >= 0.3 is 0 Å². The van der Waals surface area contributed by atoms with Crippen LogP contribution in [0.15, 0.2) is 77.8 Å². The van der Waals surface area contributed by atoms with E-state index < -0.39 is 0 Å². The summed E-state index contributed by atoms with van der Waals surface area (Å²) < 4.78 is 4.46. The third kappa shape index (κ3) is 4.93. The van der Waals surface area contributed by atoms with Crippen LogP contribution in [0.5, 0.6) is 0 Å². The second-order valence-electron chi connectivity index (χ2n) is 6.53. The first-order valence-electron chi connectivity index (χ1n) is 8.91. The number of hydrogen-bond acceptors (Lipinski definition) is 3. The Bertz CT molecular complexity index is 1150. The SMILES string of the molecule is O=C(Nc1cnn(Cc2ccccc2Cl)c1)c1cccc(Cn2cc(Br)cn2)c1. The van der Waals surface area contributed by atoms with Crippen molar-refractivity contribution in [2.75, 3.05) is 5.32 Å². The molecule has 29 heavy (non-hydrogen) atoms. The normalized spacial score (nSPS) is 10.8. The Labute approximate surface area is 181 Å². The highest BCUT2D eigenvalue weighted by Gasteiger charge is 2.10. The summed E-state index contributed by atoms with van der Waals surface area (Å²) in [5, 5.41) is 12.1. The average Bonchev–Trinajstić information content (AvgIpc) is 3.32. The van der Waals surface area contributed by atoms with Crippen molar-refractivity contribution in [3.8, 4) is 0 Å². The molecule has 2 heterocycles. The van der Waals surface area contributed by atoms with Crippen LogP contribution in [0.2, 0.25) is 5.02 Å². The lowest BCUT2D eigenvalue weighted by molar-refractivity contribution is 0.102. The first-order chi connectivity index (χ1) is 14.1. The van der Waals surface area contributed by atoms with Crippen molar-refractivity contribution in [3.05, 3.63) is 99.5 Å². The number of halogens is 2. The van der Waals surface area contributed by atoms with Crippen LogP contribution in [0, 0.1) is 0 Å². The largest absolute Gasteiger partial charge is 0.319 e. The van der Waals surface area contributed by atoms with E-state index in [1.54, 1.807) is 34.0 Å². The second-order valence-corrected chi connectivity index (χ2v) is 7.85. The van der Waals surface area contributed by atoms with Gasteiger partial charge in [-0.25, -0.2) is 0 Å². The molecule has 0 saturated carbocycles. The van der Waals surface area contributed by atoms with Gasteiger partial charge in [-0.05, 0) is 45.3 Å². The molecule has 8 heteroatoms. The lowest BCUT2D eigenvalue weighted by atomic mass is 10.1. The van der Waals surface area contributed by atoms with E-state index in [1.807, 2.05) is 48.7 Å². The highest BCUT2D eigenvalue weighted by molar-refractivity contribution is 9.10. The van der Waals surface area contributed by atoms with Crippen molar-refractivity contribution >= 4 is 39.1 Å². The van der Waals surface area contributed by atoms with Gasteiger partial charge in [-0.1, -0.05) is 41.9 Å². The molecule has 2 aromatic carbocycles. The summed E-state index contributed by atoms with van der Waals surface area (Å²) in [6, 6.07) is 15.1. The topological polar surface area (TPSA) is 64.7 Å². The van der Waals surface area contributed by atoms with Gasteiger partial charge in [-0.3, -0.25) is 14.2 Å². The molecule has 4 aromatic rings. The summed E-state index contributed by atoms with van der Waals surface area (Å²) in [4.78, 5) is 12.6. The molecule has 0 spiro atoms. The number of anilines is 1. The molecule has 0 bridgehead atoms. The predicted molar refractivity (Wildman–Crippen MR) is 116 cm³/mol. The van der Waals surface area contributed by atoms with E-state index in [0.29, 0.717) is 29.4 Å². The summed E-state index contributed by atoms with van der Waals surface area (Å²) in [6.07, 6.45) is 7.03. The number of carbonyl (C=O) groups excluding carboxylic acids is 1. The minimum absolute atomic E-state index is 0.189. The van der Waals surface area contributed by atoms with Crippen LogP contribution in [0.25, 0.3) is 0 Å². The fourth-order valence-electron chi connectivity index (χ4n) is 2.94. The van der Waals surface area contributed by atoms with Crippen molar-refractivity contribution in [2.24, 2.45) is 0 Å². The van der Waals surface area contributed by atoms with E-state index >= 15 is 0 Å². The van der Waals surface area contributed by atoms with E-state index in [1.165, 1.54) is 0 Å². The van der Waals surface area contributed by atoms with Crippen LogP contribution in [-0.2, 0) is 13.1 Å². The maximum Gasteiger partial charge on any atom is 0.255 e. The maximum absolute atomic E-state index is 12.6. The summed E-state index contributed by atoms with van der Waals surface area (Å²) in [5.41, 5.74) is 3.16. The first kappa shape index (κ1) is 19.4. The molecule has 1 amide bonds. The smallest absolute Gasteiger partial charge is 0.255 e. The van der Waals surface area contributed by atoms with Crippen molar-refractivity contribution in [3.63, 3.8) is 0 Å². The fraction of sp³-hybridized carbons (Fsp3) is 0.0952. The van der Waals surface area contributed by atoms with Crippen molar-refractivity contribution in [1.29, 1.82) is 0 Å². The standard InChI is InChI=1S/C21H17BrClN5O/c22-18-9-24-27(13-18)11-15-4-3-6-16(8-15)21(29)26-19-10-25-28(14-19)12-17-5-1-2-7-20(17)23/h1-10,13-14H,11-12H2,(H,26,29). The van der Waals surface area contributed by atoms with Crippen LogP contribution in [0.4, 0.5) is 5.69 Å². The number of amides is 1. The summed E-state index contributed by atoms with van der Waals surface area (Å²) in [6.45, 7) is 1.12. The van der Waals surface area contributed by atoms with Gasteiger partial charge < -0.3 is 5.32 Å². The summed E-state index contributed by atoms with van der Waals surface area (Å²) >= 11 is 9.58. The highest BCUT2D eigenvalue weighted by atomic mass is 79.9. The average molecular weight is 471 g/mol. The van der Waals surface area contributed by atoms with Gasteiger partial charge in [0.1, 0.15) is 0 Å². The van der Waals surface area contributed by atoms with Crippen LogP contribution >= 0.6 is 27.5 Å². The van der Waals surface area contributed by atoms with E-state index in [0.717, 1.165) is 15.6 Å². The zero-order chi connectivity index (χ0) is 20.2. The molecule has 0 aliphatic heterocycles. The molecule has 6 nitrogen and oxygen atoms in total. The van der Waals surface area contributed by atoms with E-state index in [4.69, 9.17) is 11.6 Å². The van der Waals surface area contributed by atoms with Gasteiger partial charge in [0, 0.05) is 23.0 Å². The first-order valence-corrected chi connectivity index (χ1v) is 10.1. The summed E-state index contributed by atoms with van der Waals surface area (Å²) in [5.74, 6) is -0.189. The van der Waals surface area contributed by atoms with Gasteiger partial charge in [-0.15, -0.1) is 0 Å². The molecule has 0 unspecified atom stereocenters. The van der Waals surface area contributed by atoms with E-state index in [9.17, 15) is 4.79 Å². The molecule has 0 aliphatic carbocycles. The van der Waals surface area contributed by atoms with E-state index in [-0.39, 0.29) is 5.91 Å². The Balaban J connectivity index is 1.42. The molecule has 0 aliphatic rings. The number of nitrogens with one attached hydrogen (secondary N) is 1. The lowest BCUT2D eigenvalue weighted by Gasteiger charge is -2.06. The molecule has 0 saturated heterocycles. The highest BCUT2D eigenvalue weighted by Crippen LogP contribution is 2.17. The van der Waals surface area contributed by atoms with E-state index in [2.05, 4.69) is 31.4 Å². The van der Waals surface area contributed by atoms with Crippen LogP contribution in [-0.4, -0.2) is 25.5 Å². The fourth-order valence-corrected chi connectivity index (χ4v) is 3.47. The third-order valence-corrected chi connectivity index (χ3v) is 5.10. The Morgan fingerprint density at radius 2 is 1.79 bits per heavy atom. The van der Waals surface area contributed by atoms with Crippen molar-refractivity contribution in [1.82, 2.24) is 19.6 Å². The molecule has 0 radical (unpaired) electrons. The second kappa shape index (κ2) is 8.63. The van der Waals surface area contributed by atoms with Gasteiger partial charge in [0.25, 0.3) is 5.91 Å². The predicted octanol–water partition coefficient (Wildman–Crippen LogP) is 4.84. The number of carbonyl (C=O) groups is 1. The Kier molecular flexibility index (Phi) is 5.78. The summed E-state index contributed by atoms with van der Waals surface area (Å²) in [7, 11) is 0. The molecule has 0 fully saturated rings. The number of benzene rings is 2. The number of nitrogens with zero attached hydrogens (tertiary/aromatic N) is 4. The Morgan fingerprint density at radius 3 is 2.59 bits per heavy atom. The zero-order valence-electron chi connectivity index (χ0n) is 15.3. The Morgan fingerprint density at radius 1 is 1.00 bits per heavy atom. The van der Waals surface area contributed by atoms with Gasteiger partial charge in [-0.2, -0.15) is 10.2 Å². The molecule has 0 atom stereocenters. The van der Waals surface area contributed by atoms with Crippen LogP contribution in [0.1, 0.15) is 21.5 Å². The molecule has 2 aromatic heterocycles. The molecule has 4 rings (SSSR count). The van der Waals surface area contributed by atoms with Gasteiger partial charge in [0.05, 0.1) is 35.6 Å². The quantitative estimate of drug-likeness (QED) is 0.438. The number of aromatic nitrogens is 4. The van der Waals surface area contributed by atoms with Crippen molar-refractivity contribution < 1.29 is 4.79 Å². The van der Waals surface area contributed by atoms with Crippen LogP contribution in [0.3, 0.4) is 0 Å². The Hall–Kier alpha value is -2.90. The minimum Gasteiger partial charge on any atom is -0.319 e. The lowest BCUT2D eigenvalue weighted by Crippen LogP contribution is -2.12. The molecule has 146 valence electrons. The number of hydrogen-bond donors (Lipinski definition) is 1. The molecular formula is C21H17BrClN5O. The molecule has 1 N–H and O–H groups in total. The monoisotopic (exact) mass is 469 g/mol. The van der Waals surface area contributed by atoms with Gasteiger partial charge in [0.2, 0.25) is 0 Å². The maximum atomic E-state index is 12.6. The molecular weight excluding hydrogens is 454 g/mol. The van der Waals surface area contributed by atoms with Crippen LogP contribution < -0.4 is 5.32 Å². The van der Waals surface area contributed by atoms with Gasteiger partial charge in [0.15, 0.2) is 0 Å². The zero-order valence-corrected chi connectivity index (χ0v) is 17.6. The third-order valence-electron chi connectivity index (χ3n) is 4.32. The van der Waals surface area contributed by atoms with Crippen molar-refractivity contribution in [2.45, 2.75) is 13.1 Å².